The zero-order valence-corrected chi connectivity index (χ0v) is 52.3. The average molecular weight is 1320 g/mol. The summed E-state index contributed by atoms with van der Waals surface area (Å²) in [5, 5.41) is 26.2. The monoisotopic (exact) mass is 1320 g/mol. The van der Waals surface area contributed by atoms with Gasteiger partial charge in [-0.2, -0.15) is 0 Å². The number of para-hydroxylation sites is 1. The van der Waals surface area contributed by atoms with Crippen molar-refractivity contribution in [1.82, 2.24) is 5.32 Å². The Balaban J connectivity index is 1.19. The van der Waals surface area contributed by atoms with Crippen molar-refractivity contribution in [3.8, 4) is 5.75 Å². The number of ether oxygens (including phenoxy) is 1. The largest absolute Gasteiger partial charge is 0.744 e. The molecule has 466 valence electrons. The van der Waals surface area contributed by atoms with Crippen LogP contribution in [0.25, 0.3) is 22.9 Å². The molecule has 4 aromatic carbocycles. The molecule has 0 radical (unpaired) electrons. The SMILES string of the molecule is C=C=C=C=C=C(N1/C(=C/C=C/C2=[N+](C(=C=C=C=C=C)S(=O)(=O)[O-])c3ccccc3C2(C)C)C(C)(C)c2cc(CNC(=O)C(=C=C=C=C)[n+]3c(/C=C/C=C/C=C4\Oc5ccc(S(=O)(=O)[O-])cc5N4C(=C=C=C=C)C(=O)[O-])oc4ccc(SOOO)cc43)ccc21)S(=O)(=O)[O-]. The third-order valence-electron chi connectivity index (χ3n) is 13.8. The van der Waals surface area contributed by atoms with Gasteiger partial charge in [0.15, 0.2) is 26.6 Å². The van der Waals surface area contributed by atoms with Crippen molar-refractivity contribution >= 4 is 99.9 Å². The van der Waals surface area contributed by atoms with Crippen LogP contribution in [0, 0.1) is 0 Å². The highest BCUT2D eigenvalue weighted by molar-refractivity contribution is 7.94. The lowest BCUT2D eigenvalue weighted by molar-refractivity contribution is -0.557. The summed E-state index contributed by atoms with van der Waals surface area (Å²) in [6.07, 6.45) is 11.5. The van der Waals surface area contributed by atoms with Crippen LogP contribution in [0.3, 0.4) is 0 Å². The Morgan fingerprint density at radius 2 is 1.42 bits per heavy atom. The van der Waals surface area contributed by atoms with Gasteiger partial charge in [0.2, 0.25) is 17.2 Å². The Morgan fingerprint density at radius 1 is 0.720 bits per heavy atom. The van der Waals surface area contributed by atoms with Gasteiger partial charge in [0.25, 0.3) is 5.52 Å². The summed E-state index contributed by atoms with van der Waals surface area (Å²) >= 11 is 0.598. The molecule has 3 aliphatic rings. The van der Waals surface area contributed by atoms with Crippen LogP contribution in [-0.2, 0) is 66.7 Å². The molecule has 2 N–H and O–H groups in total. The minimum absolute atomic E-state index is 0.0277. The maximum Gasteiger partial charge on any atom is 0.380 e. The highest BCUT2D eigenvalue weighted by Gasteiger charge is 2.48. The second-order valence-corrected chi connectivity index (χ2v) is 24.9. The molecule has 1 aromatic heterocycles. The first-order valence-corrected chi connectivity index (χ1v) is 31.5. The first-order valence-electron chi connectivity index (χ1n) is 26.5. The number of hydrogen-bond acceptors (Lipinski definition) is 20. The molecule has 0 unspecified atom stereocenters. The summed E-state index contributed by atoms with van der Waals surface area (Å²) in [7, 11) is -15.7. The Labute approximate surface area is 536 Å². The zero-order chi connectivity index (χ0) is 67.6. The predicted molar refractivity (Wildman–Crippen MR) is 333 cm³/mol. The molecule has 3 aliphatic heterocycles. The van der Waals surface area contributed by atoms with Gasteiger partial charge in [0, 0.05) is 57.8 Å². The Hall–Kier alpha value is -11.1. The average Bonchev–Trinajstić information content (AvgIpc) is 1.59. The maximum absolute atomic E-state index is 14.7. The number of fused-ring (bicyclic) bond motifs is 4. The van der Waals surface area contributed by atoms with Crippen LogP contribution in [0.1, 0.15) is 50.3 Å². The van der Waals surface area contributed by atoms with Crippen LogP contribution in [0.2, 0.25) is 0 Å². The third-order valence-corrected chi connectivity index (χ3v) is 16.7. The van der Waals surface area contributed by atoms with Crippen LogP contribution in [0.4, 0.5) is 17.1 Å². The lowest BCUT2D eigenvalue weighted by atomic mass is 9.81. The van der Waals surface area contributed by atoms with Crippen molar-refractivity contribution in [2.24, 2.45) is 0 Å². The van der Waals surface area contributed by atoms with Gasteiger partial charge in [-0.05, 0) is 146 Å². The lowest BCUT2D eigenvalue weighted by Gasteiger charge is -2.28. The number of carboxylic acids is 1. The molecule has 4 heterocycles. The van der Waals surface area contributed by atoms with Crippen LogP contribution in [-0.4, -0.2) is 66.3 Å². The number of amides is 1. The third kappa shape index (κ3) is 14.6. The second-order valence-electron chi connectivity index (χ2n) is 20.1. The fourth-order valence-electron chi connectivity index (χ4n) is 9.87. The fraction of sp³-hybridized carbons (Fsp3) is 0.104. The Kier molecular flexibility index (Phi) is 20.4. The number of aliphatic carboxylic acids is 1. The minimum atomic E-state index is -5.40. The molecule has 0 bridgehead atoms. The highest BCUT2D eigenvalue weighted by Crippen LogP contribution is 2.51. The van der Waals surface area contributed by atoms with Crippen molar-refractivity contribution in [1.29, 1.82) is 0 Å². The summed E-state index contributed by atoms with van der Waals surface area (Å²) in [6, 6.07) is 19.2. The number of carbonyl (C=O) groups is 2. The van der Waals surface area contributed by atoms with Crippen molar-refractivity contribution in [2.45, 2.75) is 54.9 Å². The summed E-state index contributed by atoms with van der Waals surface area (Å²) < 4.78 is 134. The van der Waals surface area contributed by atoms with E-state index in [1.54, 1.807) is 70.2 Å². The number of carboxylic acid groups (broad SMARTS) is 1. The molecule has 93 heavy (non-hydrogen) atoms. The molecular formula is C67H45N5O17S4-2. The van der Waals surface area contributed by atoms with Crippen molar-refractivity contribution < 1.29 is 86.5 Å². The topological polar surface area (TPSA) is 315 Å². The highest BCUT2D eigenvalue weighted by atomic mass is 32.2. The van der Waals surface area contributed by atoms with E-state index in [0.29, 0.717) is 39.3 Å². The van der Waals surface area contributed by atoms with E-state index in [0.717, 1.165) is 28.0 Å². The maximum atomic E-state index is 14.7. The van der Waals surface area contributed by atoms with Gasteiger partial charge in [0.05, 0.1) is 45.8 Å². The Morgan fingerprint density at radius 3 is 2.09 bits per heavy atom. The molecular weight excluding hydrogens is 1280 g/mol. The van der Waals surface area contributed by atoms with E-state index in [2.05, 4.69) is 121 Å². The number of benzene rings is 4. The molecule has 22 nitrogen and oxygen atoms in total. The zero-order valence-electron chi connectivity index (χ0n) is 49.1. The van der Waals surface area contributed by atoms with Crippen molar-refractivity contribution in [3.05, 3.63) is 278 Å². The molecule has 1 amide bonds. The summed E-state index contributed by atoms with van der Waals surface area (Å²) in [4.78, 5) is 28.8. The lowest BCUT2D eigenvalue weighted by Crippen LogP contribution is -2.42. The van der Waals surface area contributed by atoms with Gasteiger partial charge in [-0.1, -0.05) is 96.4 Å². The normalized spacial score (nSPS) is 14.9. The molecule has 0 spiro atoms. The van der Waals surface area contributed by atoms with E-state index < -0.39 is 73.7 Å². The molecule has 5 aromatic rings. The number of oxazole rings is 1. The van der Waals surface area contributed by atoms with Gasteiger partial charge < -0.3 is 38.0 Å². The molecule has 8 rings (SSSR count). The van der Waals surface area contributed by atoms with Crippen LogP contribution >= 0.6 is 12.0 Å². The number of anilines is 2. The summed E-state index contributed by atoms with van der Waals surface area (Å²) in [5.74, 6) is -2.88. The molecule has 26 heteroatoms. The van der Waals surface area contributed by atoms with E-state index in [9.17, 15) is 53.6 Å². The van der Waals surface area contributed by atoms with Crippen molar-refractivity contribution in [3.63, 3.8) is 0 Å². The molecule has 0 saturated carbocycles. The van der Waals surface area contributed by atoms with Gasteiger partial charge in [-0.15, -0.1) is 13.5 Å². The van der Waals surface area contributed by atoms with E-state index in [4.69, 9.17) is 14.4 Å². The predicted octanol–water partition coefficient (Wildman–Crippen LogP) is 8.23. The molecule has 0 saturated heterocycles. The standard InChI is InChI=1S/C67H47N5O17S4/c1-9-13-18-33-62(92(80,81)82)71-50-28-23-22-25-48(50)66(5,6)58(71)29-24-30-59-67(7,8)49-41-45(35-38-51(49)72(59)63(93(83,84)85)34-19-14-10-2)44-68-64(73)52(26-15-11-3)69-54-42-46(90-89-88-76)36-39-56(54)86-60(69)31-20-17-21-32-61-70(53(65(74)75)27-16-12-4)55-43-47(91(77,78)79)37-40-57(55)87-61/h17,20-25,28-32,35-43H,1-4,44H2,5-8H3,(H4-2,68,73,74,75,76,77,78,79,80,81,82,83,84,85)/p-2. The van der Waals surface area contributed by atoms with Crippen molar-refractivity contribution in [2.75, 3.05) is 9.80 Å². The number of rotatable bonds is 19. The molecule has 0 atom stereocenters. The van der Waals surface area contributed by atoms with E-state index >= 15 is 0 Å². The van der Waals surface area contributed by atoms with Crippen LogP contribution in [0.15, 0.2) is 269 Å². The fourth-order valence-corrected chi connectivity index (χ4v) is 11.9. The van der Waals surface area contributed by atoms with Crippen LogP contribution < -0.4 is 29.5 Å². The number of carbonyl (C=O) groups excluding carboxylic acids is 2. The second kappa shape index (κ2) is 28.0. The summed E-state index contributed by atoms with van der Waals surface area (Å²) in [6.45, 7) is 20.5. The Bertz CT molecular complexity index is 5300. The number of aromatic nitrogens is 1. The van der Waals surface area contributed by atoms with Gasteiger partial charge in [-0.3, -0.25) is 14.6 Å². The van der Waals surface area contributed by atoms with E-state index in [-0.39, 0.29) is 63.6 Å². The number of allylic oxidation sites excluding steroid dienone is 8. The first kappa shape index (κ1) is 67.8. The number of hydrogen-bond donors (Lipinski definition) is 2. The van der Waals surface area contributed by atoms with Gasteiger partial charge in [-0.25, -0.2) is 30.5 Å². The van der Waals surface area contributed by atoms with E-state index in [1.165, 1.54) is 75.9 Å². The molecule has 0 fully saturated rings. The minimum Gasteiger partial charge on any atom is -0.744 e. The number of nitrogens with zero attached hydrogens (tertiary/aromatic N) is 4. The smallest absolute Gasteiger partial charge is 0.380 e. The van der Waals surface area contributed by atoms with Gasteiger partial charge >= 0.3 is 22.5 Å². The first-order chi connectivity index (χ1) is 44.1. The van der Waals surface area contributed by atoms with Crippen LogP contribution in [0.5, 0.6) is 5.75 Å². The van der Waals surface area contributed by atoms with Gasteiger partial charge in [0.1, 0.15) is 25.9 Å². The molecule has 0 aliphatic carbocycles. The quantitative estimate of drug-likeness (QED) is 0.0115. The summed E-state index contributed by atoms with van der Waals surface area (Å²) in [5.41, 5.74) is 32.9. The number of nitrogens with one attached hydrogen (secondary N) is 1. The van der Waals surface area contributed by atoms with E-state index in [1.807, 2.05) is 0 Å².